The van der Waals surface area contributed by atoms with Crippen LogP contribution in [0.2, 0.25) is 0 Å². The van der Waals surface area contributed by atoms with Crippen LogP contribution in [-0.2, 0) is 36.4 Å². The highest BCUT2D eigenvalue weighted by atomic mass is 16.2. The Bertz CT molecular complexity index is 1810. The Hall–Kier alpha value is -4.86. The number of benzene rings is 3. The first-order chi connectivity index (χ1) is 22.4. The smallest absolute Gasteiger partial charge is 0.247 e. The van der Waals surface area contributed by atoms with Crippen molar-refractivity contribution in [1.82, 2.24) is 20.4 Å². The fourth-order valence-corrected chi connectivity index (χ4v) is 9.88. The highest BCUT2D eigenvalue weighted by Gasteiger charge is 2.78. The molecule has 0 aromatic heterocycles. The van der Waals surface area contributed by atoms with Crippen molar-refractivity contribution in [1.29, 1.82) is 0 Å². The van der Waals surface area contributed by atoms with Gasteiger partial charge in [0.05, 0.1) is 10.8 Å². The fraction of sp³-hybridized carbons (Fsp3) is 0.389. The van der Waals surface area contributed by atoms with Gasteiger partial charge in [0.25, 0.3) is 0 Å². The number of hydrogen-bond acceptors (Lipinski definition) is 6. The molecular formula is C36H36N6O4. The lowest BCUT2D eigenvalue weighted by Gasteiger charge is -2.48. The SMILES string of the molecule is CCCC1NC(=O)C2CC3(C45CC6C(=O)NC(Cc7ccccc7)C(=O)N6C4Nc4ccccc45)c4ccccc4NC3N2C1=O. The molecule has 0 saturated carbocycles. The van der Waals surface area contributed by atoms with Gasteiger partial charge >= 0.3 is 0 Å². The molecule has 4 fully saturated rings. The predicted octanol–water partition coefficient (Wildman–Crippen LogP) is 2.61. The Morgan fingerprint density at radius 3 is 1.65 bits per heavy atom. The third kappa shape index (κ3) is 3.31. The minimum absolute atomic E-state index is 0.0849. The molecular weight excluding hydrogens is 580 g/mol. The molecule has 8 unspecified atom stereocenters. The van der Waals surface area contributed by atoms with Crippen molar-refractivity contribution in [3.05, 3.63) is 95.6 Å². The van der Waals surface area contributed by atoms with E-state index >= 15 is 0 Å². The highest BCUT2D eigenvalue weighted by molar-refractivity contribution is 6.01. The lowest BCUT2D eigenvalue weighted by molar-refractivity contribution is -0.149. The van der Waals surface area contributed by atoms with E-state index in [2.05, 4.69) is 33.4 Å². The molecule has 0 radical (unpaired) electrons. The summed E-state index contributed by atoms with van der Waals surface area (Å²) in [4.78, 5) is 60.2. The van der Waals surface area contributed by atoms with Gasteiger partial charge in [0.15, 0.2) is 0 Å². The largest absolute Gasteiger partial charge is 0.364 e. The van der Waals surface area contributed by atoms with Crippen LogP contribution in [0.3, 0.4) is 0 Å². The van der Waals surface area contributed by atoms with E-state index in [1.165, 1.54) is 0 Å². The van der Waals surface area contributed by atoms with Gasteiger partial charge in [0.2, 0.25) is 23.6 Å². The summed E-state index contributed by atoms with van der Waals surface area (Å²) in [6, 6.07) is 23.3. The Morgan fingerprint density at radius 2 is 1.11 bits per heavy atom. The van der Waals surface area contributed by atoms with Crippen LogP contribution in [0, 0.1) is 0 Å². The van der Waals surface area contributed by atoms with E-state index in [-0.39, 0.29) is 23.6 Å². The molecule has 6 aliphatic heterocycles. The zero-order valence-electron chi connectivity index (χ0n) is 25.5. The van der Waals surface area contributed by atoms with Gasteiger partial charge < -0.3 is 31.1 Å². The molecule has 0 bridgehead atoms. The van der Waals surface area contributed by atoms with E-state index in [0.717, 1.165) is 34.5 Å². The first-order valence-corrected chi connectivity index (χ1v) is 16.4. The van der Waals surface area contributed by atoms with E-state index in [9.17, 15) is 19.2 Å². The zero-order chi connectivity index (χ0) is 31.4. The summed E-state index contributed by atoms with van der Waals surface area (Å²) in [6.45, 7) is 2.01. The standard InChI is InChI=1S/C36H36N6O4/c1-2-10-25-31(45)41-27(29(43)37-25)18-35(21-13-6-8-15-23(21)39-33(35)41)36-19-28-30(44)38-26(17-20-11-4-3-5-12-20)32(46)42(28)34(36)40-24-16-9-7-14-22(24)36/h3-9,11-16,25-28,33-34,39-40H,2,10,17-19H2,1H3,(H,37,43)(H,38,44). The summed E-state index contributed by atoms with van der Waals surface area (Å²) in [5.74, 6) is -0.530. The molecule has 234 valence electrons. The number of fused-ring (bicyclic) bond motifs is 11. The van der Waals surface area contributed by atoms with Gasteiger partial charge in [-0.1, -0.05) is 80.1 Å². The molecule has 46 heavy (non-hydrogen) atoms. The molecule has 4 saturated heterocycles. The number of nitrogens with one attached hydrogen (secondary N) is 4. The second-order valence-electron chi connectivity index (χ2n) is 13.7. The molecule has 8 atom stereocenters. The van der Waals surface area contributed by atoms with Crippen LogP contribution in [0.5, 0.6) is 0 Å². The number of nitrogens with zero attached hydrogens (tertiary/aromatic N) is 2. The normalized spacial score (nSPS) is 34.8. The van der Waals surface area contributed by atoms with E-state index < -0.39 is 47.3 Å². The van der Waals surface area contributed by atoms with E-state index in [1.807, 2.05) is 73.7 Å². The highest BCUT2D eigenvalue weighted by Crippen LogP contribution is 2.68. The van der Waals surface area contributed by atoms with Gasteiger partial charge in [0.1, 0.15) is 36.5 Å². The van der Waals surface area contributed by atoms with Gasteiger partial charge in [-0.25, -0.2) is 0 Å². The van der Waals surface area contributed by atoms with Crippen LogP contribution < -0.4 is 21.3 Å². The van der Waals surface area contributed by atoms with Crippen molar-refractivity contribution in [2.24, 2.45) is 0 Å². The van der Waals surface area contributed by atoms with Crippen LogP contribution in [0.1, 0.15) is 49.3 Å². The average molecular weight is 617 g/mol. The van der Waals surface area contributed by atoms with E-state index in [1.54, 1.807) is 9.80 Å². The number of para-hydroxylation sites is 2. The summed E-state index contributed by atoms with van der Waals surface area (Å²) >= 11 is 0. The van der Waals surface area contributed by atoms with Crippen molar-refractivity contribution in [2.45, 2.75) is 86.4 Å². The molecule has 6 heterocycles. The summed E-state index contributed by atoms with van der Waals surface area (Å²) < 4.78 is 0. The molecule has 4 N–H and O–H groups in total. The van der Waals surface area contributed by atoms with Crippen molar-refractivity contribution >= 4 is 35.0 Å². The monoisotopic (exact) mass is 616 g/mol. The number of hydrogen-bond donors (Lipinski definition) is 4. The molecule has 3 aromatic rings. The number of carbonyl (C=O) groups is 4. The number of anilines is 2. The Morgan fingerprint density at radius 1 is 0.630 bits per heavy atom. The van der Waals surface area contributed by atoms with Gasteiger partial charge in [-0.3, -0.25) is 19.2 Å². The van der Waals surface area contributed by atoms with Crippen LogP contribution in [0.15, 0.2) is 78.9 Å². The minimum atomic E-state index is -0.828. The summed E-state index contributed by atoms with van der Waals surface area (Å²) in [5.41, 5.74) is 3.17. The third-order valence-electron chi connectivity index (χ3n) is 11.6. The zero-order valence-corrected chi connectivity index (χ0v) is 25.5. The third-order valence-corrected chi connectivity index (χ3v) is 11.6. The van der Waals surface area contributed by atoms with Crippen molar-refractivity contribution in [3.8, 4) is 0 Å². The number of piperazine rings is 2. The van der Waals surface area contributed by atoms with Crippen molar-refractivity contribution < 1.29 is 19.2 Å². The summed E-state index contributed by atoms with van der Waals surface area (Å²) in [7, 11) is 0. The lowest BCUT2D eigenvalue weighted by Crippen LogP contribution is -2.66. The molecule has 6 aliphatic rings. The first kappa shape index (κ1) is 27.5. The van der Waals surface area contributed by atoms with E-state index in [0.29, 0.717) is 25.7 Å². The molecule has 0 aliphatic carbocycles. The molecule has 10 heteroatoms. The quantitative estimate of drug-likeness (QED) is 0.350. The molecule has 3 aromatic carbocycles. The second-order valence-corrected chi connectivity index (χ2v) is 13.7. The Labute approximate surface area is 266 Å². The van der Waals surface area contributed by atoms with Crippen LogP contribution in [-0.4, -0.2) is 69.9 Å². The second kappa shape index (κ2) is 9.57. The van der Waals surface area contributed by atoms with E-state index in [4.69, 9.17) is 0 Å². The van der Waals surface area contributed by atoms with Gasteiger partial charge in [0, 0.05) is 17.8 Å². The molecule has 9 rings (SSSR count). The predicted molar refractivity (Wildman–Crippen MR) is 170 cm³/mol. The van der Waals surface area contributed by atoms with Gasteiger partial charge in [-0.05, 0) is 48.1 Å². The Balaban J connectivity index is 1.23. The van der Waals surface area contributed by atoms with Crippen LogP contribution in [0.4, 0.5) is 11.4 Å². The van der Waals surface area contributed by atoms with Crippen molar-refractivity contribution in [2.75, 3.05) is 10.6 Å². The van der Waals surface area contributed by atoms with Crippen LogP contribution >= 0.6 is 0 Å². The Kier molecular flexibility index (Phi) is 5.71. The number of carbonyl (C=O) groups excluding carboxylic acids is 4. The maximum Gasteiger partial charge on any atom is 0.247 e. The van der Waals surface area contributed by atoms with Crippen LogP contribution in [0.25, 0.3) is 0 Å². The van der Waals surface area contributed by atoms with Gasteiger partial charge in [-0.2, -0.15) is 0 Å². The topological polar surface area (TPSA) is 123 Å². The molecule has 4 amide bonds. The number of rotatable bonds is 5. The maximum atomic E-state index is 14.5. The first-order valence-electron chi connectivity index (χ1n) is 16.4. The minimum Gasteiger partial charge on any atom is -0.364 e. The molecule has 10 nitrogen and oxygen atoms in total. The average Bonchev–Trinajstić information content (AvgIpc) is 3.77. The van der Waals surface area contributed by atoms with Crippen molar-refractivity contribution in [3.63, 3.8) is 0 Å². The summed E-state index contributed by atoms with van der Waals surface area (Å²) in [5, 5.41) is 13.5. The fourth-order valence-electron chi connectivity index (χ4n) is 9.88. The molecule has 0 spiro atoms. The van der Waals surface area contributed by atoms with Gasteiger partial charge in [-0.15, -0.1) is 0 Å². The number of amides is 4. The summed E-state index contributed by atoms with van der Waals surface area (Å²) in [6.07, 6.45) is 1.35. The maximum absolute atomic E-state index is 14.5. The lowest BCUT2D eigenvalue weighted by atomic mass is 9.54.